The summed E-state index contributed by atoms with van der Waals surface area (Å²) in [6.45, 7) is 2.76. The number of benzene rings is 2. The van der Waals surface area contributed by atoms with Crippen LogP contribution in [0.15, 0.2) is 54.6 Å². The van der Waals surface area contributed by atoms with Crippen LogP contribution in [0.2, 0.25) is 5.02 Å². The molecule has 0 saturated carbocycles. The standard InChI is InChI=1S/C18H22ClN3O/c1-22(14-16-5-3-2-4-6-16)12-11-20-18(23)21-13-15-7-9-17(19)10-8-15/h2-10H,11-14H2,1H3,(H2,20,21,23). The summed E-state index contributed by atoms with van der Waals surface area (Å²) in [5.74, 6) is 0. The monoisotopic (exact) mass is 331 g/mol. The lowest BCUT2D eigenvalue weighted by Gasteiger charge is -2.17. The fraction of sp³-hybridized carbons (Fsp3) is 0.278. The predicted octanol–water partition coefficient (Wildman–Crippen LogP) is 3.27. The highest BCUT2D eigenvalue weighted by molar-refractivity contribution is 6.30. The Morgan fingerprint density at radius 2 is 1.70 bits per heavy atom. The molecule has 0 radical (unpaired) electrons. The summed E-state index contributed by atoms with van der Waals surface area (Å²) in [6.07, 6.45) is 0. The van der Waals surface area contributed by atoms with Gasteiger partial charge in [0.05, 0.1) is 0 Å². The molecule has 0 heterocycles. The van der Waals surface area contributed by atoms with Crippen LogP contribution in [-0.4, -0.2) is 31.1 Å². The molecule has 5 heteroatoms. The molecule has 0 bridgehead atoms. The molecule has 0 aliphatic carbocycles. The van der Waals surface area contributed by atoms with Gasteiger partial charge < -0.3 is 15.5 Å². The van der Waals surface area contributed by atoms with Gasteiger partial charge in [-0.25, -0.2) is 4.79 Å². The van der Waals surface area contributed by atoms with Gasteiger partial charge in [0.15, 0.2) is 0 Å². The number of hydrogen-bond acceptors (Lipinski definition) is 2. The lowest BCUT2D eigenvalue weighted by atomic mass is 10.2. The largest absolute Gasteiger partial charge is 0.337 e. The first-order valence-corrected chi connectivity index (χ1v) is 8.00. The third-order valence-corrected chi connectivity index (χ3v) is 3.69. The van der Waals surface area contributed by atoms with Gasteiger partial charge in [0.25, 0.3) is 0 Å². The molecule has 2 amide bonds. The van der Waals surface area contributed by atoms with E-state index >= 15 is 0 Å². The number of carbonyl (C=O) groups excluding carboxylic acids is 1. The molecule has 4 nitrogen and oxygen atoms in total. The van der Waals surface area contributed by atoms with Gasteiger partial charge in [-0.15, -0.1) is 0 Å². The summed E-state index contributed by atoms with van der Waals surface area (Å²) < 4.78 is 0. The fourth-order valence-electron chi connectivity index (χ4n) is 2.18. The van der Waals surface area contributed by atoms with Crippen molar-refractivity contribution >= 4 is 17.6 Å². The molecular formula is C18H22ClN3O. The average Bonchev–Trinajstić information content (AvgIpc) is 2.55. The summed E-state index contributed by atoms with van der Waals surface area (Å²) in [4.78, 5) is 13.9. The van der Waals surface area contributed by atoms with E-state index in [2.05, 4.69) is 27.7 Å². The van der Waals surface area contributed by atoms with Crippen LogP contribution < -0.4 is 10.6 Å². The maximum atomic E-state index is 11.8. The van der Waals surface area contributed by atoms with Crippen molar-refractivity contribution in [2.45, 2.75) is 13.1 Å². The minimum absolute atomic E-state index is 0.159. The van der Waals surface area contributed by atoms with E-state index < -0.39 is 0 Å². The summed E-state index contributed by atoms with van der Waals surface area (Å²) >= 11 is 5.83. The quantitative estimate of drug-likeness (QED) is 0.818. The van der Waals surface area contributed by atoms with E-state index in [-0.39, 0.29) is 6.03 Å². The highest BCUT2D eigenvalue weighted by Gasteiger charge is 2.03. The topological polar surface area (TPSA) is 44.4 Å². The van der Waals surface area contributed by atoms with Gasteiger partial charge in [0.1, 0.15) is 0 Å². The van der Waals surface area contributed by atoms with E-state index in [1.165, 1.54) is 5.56 Å². The Hall–Kier alpha value is -2.04. The Morgan fingerprint density at radius 1 is 1.00 bits per heavy atom. The molecule has 0 aliphatic rings. The Balaban J connectivity index is 1.61. The third kappa shape index (κ3) is 6.72. The van der Waals surface area contributed by atoms with Crippen molar-refractivity contribution in [3.63, 3.8) is 0 Å². The summed E-state index contributed by atoms with van der Waals surface area (Å²) in [6, 6.07) is 17.5. The van der Waals surface area contributed by atoms with E-state index in [4.69, 9.17) is 11.6 Å². The molecule has 0 fully saturated rings. The molecule has 2 aromatic rings. The van der Waals surface area contributed by atoms with Gasteiger partial charge in [-0.2, -0.15) is 0 Å². The molecule has 0 saturated heterocycles. The van der Waals surface area contributed by atoms with E-state index in [9.17, 15) is 4.79 Å². The van der Waals surface area contributed by atoms with Crippen LogP contribution in [0.25, 0.3) is 0 Å². The zero-order valence-corrected chi connectivity index (χ0v) is 14.0. The molecule has 2 aromatic carbocycles. The number of nitrogens with one attached hydrogen (secondary N) is 2. The molecule has 0 unspecified atom stereocenters. The summed E-state index contributed by atoms with van der Waals surface area (Å²) in [7, 11) is 2.04. The highest BCUT2D eigenvalue weighted by atomic mass is 35.5. The SMILES string of the molecule is CN(CCNC(=O)NCc1ccc(Cl)cc1)Cc1ccccc1. The van der Waals surface area contributed by atoms with Crippen molar-refractivity contribution in [1.29, 1.82) is 0 Å². The smallest absolute Gasteiger partial charge is 0.315 e. The van der Waals surface area contributed by atoms with Gasteiger partial charge in [0.2, 0.25) is 0 Å². The van der Waals surface area contributed by atoms with Crippen molar-refractivity contribution in [2.24, 2.45) is 0 Å². The van der Waals surface area contributed by atoms with Crippen molar-refractivity contribution in [3.8, 4) is 0 Å². The Labute approximate surface area is 142 Å². The molecule has 23 heavy (non-hydrogen) atoms. The molecule has 0 aromatic heterocycles. The number of carbonyl (C=O) groups is 1. The Kier molecular flexibility index (Phi) is 6.91. The van der Waals surface area contributed by atoms with Crippen molar-refractivity contribution in [3.05, 3.63) is 70.7 Å². The van der Waals surface area contributed by atoms with Crippen LogP contribution in [0.4, 0.5) is 4.79 Å². The molecule has 0 atom stereocenters. The van der Waals surface area contributed by atoms with Gasteiger partial charge in [-0.05, 0) is 30.3 Å². The first-order valence-electron chi connectivity index (χ1n) is 7.62. The second-order valence-electron chi connectivity index (χ2n) is 5.46. The number of urea groups is 1. The maximum Gasteiger partial charge on any atom is 0.315 e. The minimum atomic E-state index is -0.159. The normalized spacial score (nSPS) is 10.6. The van der Waals surface area contributed by atoms with Crippen LogP contribution in [0.5, 0.6) is 0 Å². The number of hydrogen-bond donors (Lipinski definition) is 2. The zero-order valence-electron chi connectivity index (χ0n) is 13.3. The van der Waals surface area contributed by atoms with Crippen LogP contribution >= 0.6 is 11.6 Å². The molecule has 2 rings (SSSR count). The second-order valence-corrected chi connectivity index (χ2v) is 5.90. The number of halogens is 1. The maximum absolute atomic E-state index is 11.8. The lowest BCUT2D eigenvalue weighted by Crippen LogP contribution is -2.39. The Morgan fingerprint density at radius 3 is 2.39 bits per heavy atom. The van der Waals surface area contributed by atoms with Crippen molar-refractivity contribution in [1.82, 2.24) is 15.5 Å². The van der Waals surface area contributed by atoms with Crippen molar-refractivity contribution in [2.75, 3.05) is 20.1 Å². The molecule has 0 aliphatic heterocycles. The number of amides is 2. The van der Waals surface area contributed by atoms with Crippen LogP contribution in [0, 0.1) is 0 Å². The third-order valence-electron chi connectivity index (χ3n) is 3.44. The number of rotatable bonds is 7. The molecular weight excluding hydrogens is 310 g/mol. The molecule has 2 N–H and O–H groups in total. The Bertz CT molecular complexity index is 601. The van der Waals surface area contributed by atoms with Gasteiger partial charge >= 0.3 is 6.03 Å². The highest BCUT2D eigenvalue weighted by Crippen LogP contribution is 2.09. The van der Waals surface area contributed by atoms with E-state index in [1.807, 2.05) is 49.5 Å². The van der Waals surface area contributed by atoms with E-state index in [0.29, 0.717) is 18.1 Å². The van der Waals surface area contributed by atoms with Gasteiger partial charge in [0, 0.05) is 31.2 Å². The lowest BCUT2D eigenvalue weighted by molar-refractivity contribution is 0.237. The molecule has 0 spiro atoms. The van der Waals surface area contributed by atoms with Crippen molar-refractivity contribution < 1.29 is 4.79 Å². The van der Waals surface area contributed by atoms with Crippen LogP contribution in [0.1, 0.15) is 11.1 Å². The van der Waals surface area contributed by atoms with Crippen LogP contribution in [-0.2, 0) is 13.1 Å². The van der Waals surface area contributed by atoms with Gasteiger partial charge in [-0.3, -0.25) is 0 Å². The van der Waals surface area contributed by atoms with E-state index in [1.54, 1.807) is 0 Å². The minimum Gasteiger partial charge on any atom is -0.337 e. The van der Waals surface area contributed by atoms with Gasteiger partial charge in [-0.1, -0.05) is 54.1 Å². The summed E-state index contributed by atoms with van der Waals surface area (Å²) in [5.41, 5.74) is 2.29. The first-order chi connectivity index (χ1) is 11.1. The zero-order chi connectivity index (χ0) is 16.5. The second kappa shape index (κ2) is 9.18. The average molecular weight is 332 g/mol. The molecule has 122 valence electrons. The first kappa shape index (κ1) is 17.3. The van der Waals surface area contributed by atoms with Crippen LogP contribution in [0.3, 0.4) is 0 Å². The number of nitrogens with zero attached hydrogens (tertiary/aromatic N) is 1. The number of likely N-dealkylation sites (N-methyl/N-ethyl adjacent to an activating group) is 1. The predicted molar refractivity (Wildman–Crippen MR) is 94.5 cm³/mol. The van der Waals surface area contributed by atoms with E-state index in [0.717, 1.165) is 18.7 Å². The fourth-order valence-corrected chi connectivity index (χ4v) is 2.31. The summed E-state index contributed by atoms with van der Waals surface area (Å²) in [5, 5.41) is 6.39.